The van der Waals surface area contributed by atoms with Gasteiger partial charge in [0.2, 0.25) is 5.91 Å². The molecule has 4 nitrogen and oxygen atoms in total. The molecule has 1 atom stereocenters. The van der Waals surface area contributed by atoms with Crippen LogP contribution in [-0.2, 0) is 9.53 Å². The van der Waals surface area contributed by atoms with Gasteiger partial charge in [-0.3, -0.25) is 4.79 Å². The summed E-state index contributed by atoms with van der Waals surface area (Å²) in [4.78, 5) is 16.1. The lowest BCUT2D eigenvalue weighted by Gasteiger charge is -2.45. The Hall–Kier alpha value is -0.260. The summed E-state index contributed by atoms with van der Waals surface area (Å²) < 4.78 is 5.44. The van der Waals surface area contributed by atoms with E-state index in [0.717, 1.165) is 39.1 Å². The first-order valence-electron chi connectivity index (χ1n) is 6.24. The maximum Gasteiger partial charge on any atom is 0.223 e. The SMILES string of the molecule is CN(C)C1(CN2CC(S)CC2=O)CCOCC1. The van der Waals surface area contributed by atoms with Crippen LogP contribution in [0.2, 0.25) is 0 Å². The first-order valence-corrected chi connectivity index (χ1v) is 6.76. The highest BCUT2D eigenvalue weighted by Crippen LogP contribution is 2.29. The number of rotatable bonds is 3. The van der Waals surface area contributed by atoms with Gasteiger partial charge in [-0.25, -0.2) is 0 Å². The minimum Gasteiger partial charge on any atom is -0.381 e. The molecule has 0 radical (unpaired) electrons. The molecule has 2 rings (SSSR count). The van der Waals surface area contributed by atoms with Crippen LogP contribution in [0, 0.1) is 0 Å². The summed E-state index contributed by atoms with van der Waals surface area (Å²) in [6, 6.07) is 0. The van der Waals surface area contributed by atoms with Gasteiger partial charge >= 0.3 is 0 Å². The molecule has 0 N–H and O–H groups in total. The topological polar surface area (TPSA) is 32.8 Å². The Labute approximate surface area is 109 Å². The zero-order chi connectivity index (χ0) is 12.5. The molecule has 0 saturated carbocycles. The lowest BCUT2D eigenvalue weighted by atomic mass is 9.88. The normalized spacial score (nSPS) is 29.1. The summed E-state index contributed by atoms with van der Waals surface area (Å²) >= 11 is 4.41. The maximum absolute atomic E-state index is 11.9. The van der Waals surface area contributed by atoms with E-state index in [2.05, 4.69) is 31.6 Å². The van der Waals surface area contributed by atoms with Crippen molar-refractivity contribution in [2.24, 2.45) is 0 Å². The molecule has 2 heterocycles. The molecule has 5 heteroatoms. The summed E-state index contributed by atoms with van der Waals surface area (Å²) in [5.74, 6) is 0.248. The van der Waals surface area contributed by atoms with Crippen LogP contribution in [0.4, 0.5) is 0 Å². The fraction of sp³-hybridized carbons (Fsp3) is 0.917. The van der Waals surface area contributed by atoms with Gasteiger partial charge in [0, 0.05) is 43.5 Å². The standard InChI is InChI=1S/C12H22N2O2S/c1-13(2)12(3-5-16-6-4-12)9-14-8-10(17)7-11(14)15/h10,17H,3-9H2,1-2H3. The van der Waals surface area contributed by atoms with Crippen molar-refractivity contribution in [1.82, 2.24) is 9.80 Å². The van der Waals surface area contributed by atoms with Crippen molar-refractivity contribution < 1.29 is 9.53 Å². The summed E-state index contributed by atoms with van der Waals surface area (Å²) in [5.41, 5.74) is 0.0890. The number of ether oxygens (including phenoxy) is 1. The Morgan fingerprint density at radius 3 is 2.59 bits per heavy atom. The Bertz CT molecular complexity index is 290. The molecule has 2 fully saturated rings. The van der Waals surface area contributed by atoms with E-state index in [-0.39, 0.29) is 16.7 Å². The van der Waals surface area contributed by atoms with E-state index in [4.69, 9.17) is 4.74 Å². The molecule has 0 aromatic heterocycles. The first-order chi connectivity index (χ1) is 8.03. The highest BCUT2D eigenvalue weighted by atomic mass is 32.1. The number of carbonyl (C=O) groups is 1. The second kappa shape index (κ2) is 5.16. The summed E-state index contributed by atoms with van der Waals surface area (Å²) in [7, 11) is 4.20. The van der Waals surface area contributed by atoms with Crippen LogP contribution in [0.5, 0.6) is 0 Å². The third-order valence-electron chi connectivity index (χ3n) is 4.05. The van der Waals surface area contributed by atoms with E-state index in [1.54, 1.807) is 0 Å². The van der Waals surface area contributed by atoms with E-state index in [1.807, 2.05) is 4.90 Å². The van der Waals surface area contributed by atoms with Crippen molar-refractivity contribution in [2.75, 3.05) is 40.4 Å². The molecular formula is C12H22N2O2S. The molecule has 0 aromatic carbocycles. The van der Waals surface area contributed by atoms with E-state index in [0.29, 0.717) is 6.42 Å². The quantitative estimate of drug-likeness (QED) is 0.754. The van der Waals surface area contributed by atoms with Crippen molar-refractivity contribution in [2.45, 2.75) is 30.1 Å². The molecule has 2 aliphatic heterocycles. The predicted molar refractivity (Wildman–Crippen MR) is 70.4 cm³/mol. The Morgan fingerprint density at radius 1 is 1.47 bits per heavy atom. The van der Waals surface area contributed by atoms with E-state index in [1.165, 1.54) is 0 Å². The minimum absolute atomic E-state index is 0.0890. The number of likely N-dealkylation sites (tertiary alicyclic amines) is 1. The van der Waals surface area contributed by atoms with Crippen LogP contribution in [0.1, 0.15) is 19.3 Å². The zero-order valence-electron chi connectivity index (χ0n) is 10.7. The van der Waals surface area contributed by atoms with Crippen LogP contribution in [0.15, 0.2) is 0 Å². The van der Waals surface area contributed by atoms with Crippen molar-refractivity contribution >= 4 is 18.5 Å². The third-order valence-corrected chi connectivity index (χ3v) is 4.40. The lowest BCUT2D eigenvalue weighted by Crippen LogP contribution is -2.56. The lowest BCUT2D eigenvalue weighted by molar-refractivity contribution is -0.130. The van der Waals surface area contributed by atoms with Gasteiger partial charge in [0.15, 0.2) is 0 Å². The van der Waals surface area contributed by atoms with Gasteiger partial charge in [-0.1, -0.05) is 0 Å². The molecule has 1 unspecified atom stereocenters. The Morgan fingerprint density at radius 2 is 2.12 bits per heavy atom. The van der Waals surface area contributed by atoms with Crippen LogP contribution in [0.3, 0.4) is 0 Å². The first kappa shape index (κ1) is 13.2. The number of hydrogen-bond acceptors (Lipinski definition) is 4. The molecule has 0 bridgehead atoms. The fourth-order valence-corrected chi connectivity index (χ4v) is 3.11. The molecule has 0 aliphatic carbocycles. The van der Waals surface area contributed by atoms with Gasteiger partial charge in [0.25, 0.3) is 0 Å². The molecule has 2 aliphatic rings. The summed E-state index contributed by atoms with van der Waals surface area (Å²) in [6.45, 7) is 3.20. The molecule has 0 aromatic rings. The van der Waals surface area contributed by atoms with Crippen molar-refractivity contribution in [3.05, 3.63) is 0 Å². The van der Waals surface area contributed by atoms with Crippen LogP contribution in [-0.4, -0.2) is 66.9 Å². The summed E-state index contributed by atoms with van der Waals surface area (Å²) in [6.07, 6.45) is 2.59. The van der Waals surface area contributed by atoms with Crippen LogP contribution < -0.4 is 0 Å². The van der Waals surface area contributed by atoms with Crippen LogP contribution >= 0.6 is 12.6 Å². The molecule has 0 spiro atoms. The number of nitrogens with zero attached hydrogens (tertiary/aromatic N) is 2. The van der Waals surface area contributed by atoms with E-state index in [9.17, 15) is 4.79 Å². The monoisotopic (exact) mass is 258 g/mol. The highest BCUT2D eigenvalue weighted by molar-refractivity contribution is 7.81. The molecule has 17 heavy (non-hydrogen) atoms. The van der Waals surface area contributed by atoms with Crippen LogP contribution in [0.25, 0.3) is 0 Å². The average Bonchev–Trinajstić information content (AvgIpc) is 2.58. The fourth-order valence-electron chi connectivity index (χ4n) is 2.76. The smallest absolute Gasteiger partial charge is 0.223 e. The number of thiol groups is 1. The number of hydrogen-bond donors (Lipinski definition) is 1. The molecule has 2 saturated heterocycles. The molecule has 1 amide bonds. The Balaban J connectivity index is 2.05. The zero-order valence-corrected chi connectivity index (χ0v) is 11.6. The third kappa shape index (κ3) is 2.77. The van der Waals surface area contributed by atoms with Crippen molar-refractivity contribution in [1.29, 1.82) is 0 Å². The average molecular weight is 258 g/mol. The summed E-state index contributed by atoms with van der Waals surface area (Å²) in [5, 5.41) is 0.210. The molecule has 98 valence electrons. The van der Waals surface area contributed by atoms with Gasteiger partial charge in [-0.15, -0.1) is 0 Å². The number of amides is 1. The van der Waals surface area contributed by atoms with Gasteiger partial charge in [-0.2, -0.15) is 12.6 Å². The second-order valence-corrected chi connectivity index (χ2v) is 6.09. The minimum atomic E-state index is 0.0890. The van der Waals surface area contributed by atoms with E-state index >= 15 is 0 Å². The predicted octanol–water partition coefficient (Wildman–Crippen LogP) is 0.628. The highest BCUT2D eigenvalue weighted by Gasteiger charge is 2.39. The largest absolute Gasteiger partial charge is 0.381 e. The van der Waals surface area contributed by atoms with Gasteiger partial charge < -0.3 is 14.5 Å². The molecular weight excluding hydrogens is 236 g/mol. The maximum atomic E-state index is 11.9. The Kier molecular flexibility index (Phi) is 4.00. The number of carbonyl (C=O) groups excluding carboxylic acids is 1. The van der Waals surface area contributed by atoms with E-state index < -0.39 is 0 Å². The van der Waals surface area contributed by atoms with Gasteiger partial charge in [0.1, 0.15) is 0 Å². The van der Waals surface area contributed by atoms with Crippen molar-refractivity contribution in [3.8, 4) is 0 Å². The van der Waals surface area contributed by atoms with Gasteiger partial charge in [0.05, 0.1) is 0 Å². The number of likely N-dealkylation sites (N-methyl/N-ethyl adjacent to an activating group) is 1. The van der Waals surface area contributed by atoms with Gasteiger partial charge in [-0.05, 0) is 26.9 Å². The van der Waals surface area contributed by atoms with Crippen molar-refractivity contribution in [3.63, 3.8) is 0 Å². The second-order valence-electron chi connectivity index (χ2n) is 5.36.